The van der Waals surface area contributed by atoms with Gasteiger partial charge >= 0.3 is 5.97 Å². The van der Waals surface area contributed by atoms with Crippen LogP contribution in [0.2, 0.25) is 0 Å². The molecule has 0 amide bonds. The number of nitrogens with zero attached hydrogens (tertiary/aromatic N) is 2. The van der Waals surface area contributed by atoms with E-state index in [1.165, 1.54) is 0 Å². The molecule has 1 atom stereocenters. The van der Waals surface area contributed by atoms with Gasteiger partial charge in [0.1, 0.15) is 12.6 Å². The molecular formula is C14H16N2O4S. The van der Waals surface area contributed by atoms with E-state index in [2.05, 4.69) is 6.07 Å². The van der Waals surface area contributed by atoms with E-state index in [-0.39, 0.29) is 18.1 Å². The Morgan fingerprint density at radius 2 is 2.24 bits per heavy atom. The van der Waals surface area contributed by atoms with Gasteiger partial charge in [-0.05, 0) is 25.0 Å². The molecule has 1 aliphatic heterocycles. The van der Waals surface area contributed by atoms with E-state index in [0.717, 1.165) is 5.56 Å². The molecule has 21 heavy (non-hydrogen) atoms. The highest BCUT2D eigenvalue weighted by Gasteiger charge is 2.34. The zero-order chi connectivity index (χ0) is 15.6. The molecule has 7 heteroatoms. The third-order valence-corrected chi connectivity index (χ3v) is 5.35. The van der Waals surface area contributed by atoms with Gasteiger partial charge < -0.3 is 10.0 Å². The molecule has 0 radical (unpaired) electrons. The maximum atomic E-state index is 11.7. The van der Waals surface area contributed by atoms with E-state index in [4.69, 9.17) is 5.11 Å². The van der Waals surface area contributed by atoms with Crippen LogP contribution in [0.3, 0.4) is 0 Å². The normalized spacial score (nSPS) is 19.9. The minimum Gasteiger partial charge on any atom is -0.480 e. The van der Waals surface area contributed by atoms with Crippen molar-refractivity contribution in [3.63, 3.8) is 0 Å². The fourth-order valence-corrected chi connectivity index (χ4v) is 4.42. The quantitative estimate of drug-likeness (QED) is 0.889. The number of benzene rings is 1. The first-order chi connectivity index (χ1) is 9.84. The van der Waals surface area contributed by atoms with Crippen LogP contribution in [0.1, 0.15) is 17.5 Å². The summed E-state index contributed by atoms with van der Waals surface area (Å²) >= 11 is 0. The largest absolute Gasteiger partial charge is 0.480 e. The lowest BCUT2D eigenvalue weighted by Gasteiger charge is -2.30. The molecule has 1 unspecified atom stereocenters. The number of rotatable bonds is 4. The second-order valence-corrected chi connectivity index (χ2v) is 7.39. The number of carbonyl (C=O) groups is 1. The van der Waals surface area contributed by atoms with Crippen molar-refractivity contribution >= 4 is 21.5 Å². The molecule has 2 rings (SSSR count). The third-order valence-electron chi connectivity index (χ3n) is 3.60. The summed E-state index contributed by atoms with van der Waals surface area (Å²) in [6, 6.07) is 6.77. The first kappa shape index (κ1) is 15.3. The van der Waals surface area contributed by atoms with Crippen molar-refractivity contribution in [1.82, 2.24) is 0 Å². The molecule has 0 bridgehead atoms. The van der Waals surface area contributed by atoms with Crippen LogP contribution in [0.25, 0.3) is 0 Å². The average Bonchev–Trinajstić information content (AvgIpc) is 2.76. The van der Waals surface area contributed by atoms with Crippen molar-refractivity contribution in [2.24, 2.45) is 0 Å². The molecule has 1 saturated heterocycles. The Hall–Kier alpha value is -2.07. The van der Waals surface area contributed by atoms with Gasteiger partial charge in [-0.25, -0.2) is 8.42 Å². The summed E-state index contributed by atoms with van der Waals surface area (Å²) in [6.07, 6.45) is 0.384. The lowest BCUT2D eigenvalue weighted by Crippen LogP contribution is -2.41. The zero-order valence-electron chi connectivity index (χ0n) is 11.6. The first-order valence-electron chi connectivity index (χ1n) is 6.52. The van der Waals surface area contributed by atoms with Crippen molar-refractivity contribution in [2.45, 2.75) is 19.4 Å². The lowest BCUT2D eigenvalue weighted by atomic mass is 10.0. The zero-order valence-corrected chi connectivity index (χ0v) is 12.4. The van der Waals surface area contributed by atoms with Crippen LogP contribution in [0, 0.1) is 18.3 Å². The molecule has 6 nitrogen and oxygen atoms in total. The van der Waals surface area contributed by atoms with Crippen LogP contribution in [-0.4, -0.2) is 43.6 Å². The maximum absolute atomic E-state index is 11.7. The molecule has 0 aliphatic carbocycles. The summed E-state index contributed by atoms with van der Waals surface area (Å²) in [5, 5.41) is 18.3. The first-order valence-corrected chi connectivity index (χ1v) is 8.35. The van der Waals surface area contributed by atoms with Gasteiger partial charge in [0.05, 0.1) is 22.8 Å². The highest BCUT2D eigenvalue weighted by atomic mass is 32.2. The van der Waals surface area contributed by atoms with E-state index in [1.54, 1.807) is 30.0 Å². The number of para-hydroxylation sites is 1. The second kappa shape index (κ2) is 5.74. The summed E-state index contributed by atoms with van der Waals surface area (Å²) < 4.78 is 23.3. The van der Waals surface area contributed by atoms with Crippen LogP contribution >= 0.6 is 0 Å². The standard InChI is InChI=1S/C14H16N2O4S/c1-10-3-2-4-11(7-15)14(10)16(8-13(17)18)12-5-6-21(19,20)9-12/h2-4,12H,5-6,8-9H2,1H3,(H,17,18). The van der Waals surface area contributed by atoms with Crippen molar-refractivity contribution in [1.29, 1.82) is 5.26 Å². The number of aryl methyl sites for hydroxylation is 1. The van der Waals surface area contributed by atoms with Crippen LogP contribution in [0.4, 0.5) is 5.69 Å². The van der Waals surface area contributed by atoms with E-state index in [0.29, 0.717) is 17.7 Å². The molecule has 0 spiro atoms. The van der Waals surface area contributed by atoms with Crippen LogP contribution in [0.5, 0.6) is 0 Å². The number of carboxylic acid groups (broad SMARTS) is 1. The predicted octanol–water partition coefficient (Wildman–Crippen LogP) is 0.945. The van der Waals surface area contributed by atoms with Gasteiger partial charge in [0, 0.05) is 6.04 Å². The lowest BCUT2D eigenvalue weighted by molar-refractivity contribution is -0.135. The summed E-state index contributed by atoms with van der Waals surface area (Å²) in [5.74, 6) is -1.06. The molecule has 0 saturated carbocycles. The number of anilines is 1. The topological polar surface area (TPSA) is 98.5 Å². The van der Waals surface area contributed by atoms with E-state index in [1.807, 2.05) is 0 Å². The predicted molar refractivity (Wildman–Crippen MR) is 77.9 cm³/mol. The molecule has 1 heterocycles. The fraction of sp³-hybridized carbons (Fsp3) is 0.429. The van der Waals surface area contributed by atoms with Crippen LogP contribution in [0.15, 0.2) is 18.2 Å². The molecule has 112 valence electrons. The second-order valence-electron chi connectivity index (χ2n) is 5.16. The third kappa shape index (κ3) is 3.34. The van der Waals surface area contributed by atoms with Crippen molar-refractivity contribution in [2.75, 3.05) is 23.0 Å². The Morgan fingerprint density at radius 1 is 1.52 bits per heavy atom. The minimum absolute atomic E-state index is 0.0571. The fourth-order valence-electron chi connectivity index (χ4n) is 2.69. The number of hydrogen-bond acceptors (Lipinski definition) is 5. The SMILES string of the molecule is Cc1cccc(C#N)c1N(CC(=O)O)C1CCS(=O)(=O)C1. The monoisotopic (exact) mass is 308 g/mol. The maximum Gasteiger partial charge on any atom is 0.323 e. The summed E-state index contributed by atoms with van der Waals surface area (Å²) in [5.41, 5.74) is 1.64. The van der Waals surface area contributed by atoms with Gasteiger partial charge in [0.2, 0.25) is 0 Å². The van der Waals surface area contributed by atoms with Crippen LogP contribution in [-0.2, 0) is 14.6 Å². The molecule has 0 aromatic heterocycles. The molecule has 1 aliphatic rings. The summed E-state index contributed by atoms with van der Waals surface area (Å²) in [4.78, 5) is 12.7. The molecule has 1 fully saturated rings. The average molecular weight is 308 g/mol. The molecule has 1 N–H and O–H groups in total. The highest BCUT2D eigenvalue weighted by Crippen LogP contribution is 2.30. The Bertz CT molecular complexity index is 706. The summed E-state index contributed by atoms with van der Waals surface area (Å²) in [7, 11) is -3.13. The van der Waals surface area contributed by atoms with Crippen molar-refractivity contribution in [3.05, 3.63) is 29.3 Å². The smallest absolute Gasteiger partial charge is 0.323 e. The van der Waals surface area contributed by atoms with Gasteiger partial charge in [-0.2, -0.15) is 5.26 Å². The van der Waals surface area contributed by atoms with Gasteiger partial charge in [-0.15, -0.1) is 0 Å². The number of aliphatic carboxylic acids is 1. The van der Waals surface area contributed by atoms with Crippen molar-refractivity contribution in [3.8, 4) is 6.07 Å². The highest BCUT2D eigenvalue weighted by molar-refractivity contribution is 7.91. The Morgan fingerprint density at radius 3 is 2.76 bits per heavy atom. The number of nitriles is 1. The van der Waals surface area contributed by atoms with Gasteiger partial charge in [0.25, 0.3) is 0 Å². The minimum atomic E-state index is -3.13. The molecule has 1 aromatic carbocycles. The molecular weight excluding hydrogens is 292 g/mol. The van der Waals surface area contributed by atoms with Crippen molar-refractivity contribution < 1.29 is 18.3 Å². The summed E-state index contributed by atoms with van der Waals surface area (Å²) in [6.45, 7) is 1.47. The van der Waals surface area contributed by atoms with E-state index in [9.17, 15) is 18.5 Å². The number of carboxylic acids is 1. The van der Waals surface area contributed by atoms with Gasteiger partial charge in [0.15, 0.2) is 9.84 Å². The number of hydrogen-bond donors (Lipinski definition) is 1. The Kier molecular flexibility index (Phi) is 4.19. The Labute approximate surface area is 123 Å². The van der Waals surface area contributed by atoms with E-state index >= 15 is 0 Å². The number of sulfone groups is 1. The Balaban J connectivity index is 2.47. The van der Waals surface area contributed by atoms with Gasteiger partial charge in [-0.3, -0.25) is 4.79 Å². The van der Waals surface area contributed by atoms with Crippen LogP contribution < -0.4 is 4.90 Å². The van der Waals surface area contributed by atoms with Gasteiger partial charge in [-0.1, -0.05) is 12.1 Å². The molecule has 1 aromatic rings. The van der Waals surface area contributed by atoms with E-state index < -0.39 is 21.8 Å².